The van der Waals surface area contributed by atoms with Crippen LogP contribution in [0.4, 0.5) is 0 Å². The molecular weight excluding hydrogens is 414 g/mol. The van der Waals surface area contributed by atoms with Gasteiger partial charge in [-0.05, 0) is 44.6 Å². The average molecular weight is 456 g/mol. The van der Waals surface area contributed by atoms with Crippen LogP contribution >= 0.6 is 0 Å². The second-order valence-corrected chi connectivity index (χ2v) is 10.5. The highest BCUT2D eigenvalue weighted by molar-refractivity contribution is 5.80. The van der Waals surface area contributed by atoms with Gasteiger partial charge in [0.25, 0.3) is 0 Å². The first-order chi connectivity index (χ1) is 16.0. The fraction of sp³-hybridized carbons (Fsp3) is 0.704. The summed E-state index contributed by atoms with van der Waals surface area (Å²) in [5.41, 5.74) is 2.20. The van der Waals surface area contributed by atoms with Crippen molar-refractivity contribution >= 4 is 11.8 Å². The number of morpholine rings is 1. The zero-order valence-electron chi connectivity index (χ0n) is 20.3. The van der Waals surface area contributed by atoms with Crippen molar-refractivity contribution < 1.29 is 14.3 Å². The molecule has 2 saturated heterocycles. The summed E-state index contributed by atoms with van der Waals surface area (Å²) in [7, 11) is 0. The van der Waals surface area contributed by atoms with E-state index in [-0.39, 0.29) is 22.9 Å². The lowest BCUT2D eigenvalue weighted by molar-refractivity contribution is -0.123. The molecule has 1 atom stereocenters. The van der Waals surface area contributed by atoms with Crippen molar-refractivity contribution in [2.75, 3.05) is 32.8 Å². The smallest absolute Gasteiger partial charge is 0.220 e. The first-order valence-electron chi connectivity index (χ1n) is 12.9. The zero-order chi connectivity index (χ0) is 23.2. The maximum Gasteiger partial charge on any atom is 0.220 e. The molecule has 1 aromatic carbocycles. The van der Waals surface area contributed by atoms with E-state index >= 15 is 0 Å². The lowest BCUT2D eigenvalue weighted by Crippen LogP contribution is -2.58. The predicted octanol–water partition coefficient (Wildman–Crippen LogP) is 3.51. The number of aryl methyl sites for hydroxylation is 1. The van der Waals surface area contributed by atoms with Crippen molar-refractivity contribution in [3.63, 3.8) is 0 Å². The van der Waals surface area contributed by atoms with E-state index < -0.39 is 0 Å². The van der Waals surface area contributed by atoms with E-state index in [1.165, 1.54) is 36.8 Å². The number of hydrogen-bond acceptors (Lipinski definition) is 4. The quantitative estimate of drug-likeness (QED) is 0.589. The summed E-state index contributed by atoms with van der Waals surface area (Å²) in [6.07, 6.45) is 10.6. The predicted molar refractivity (Wildman–Crippen MR) is 130 cm³/mol. The summed E-state index contributed by atoms with van der Waals surface area (Å²) in [5, 5.41) is 6.53. The molecule has 0 radical (unpaired) electrons. The molecule has 0 bridgehead atoms. The Morgan fingerprint density at radius 2 is 1.76 bits per heavy atom. The summed E-state index contributed by atoms with van der Waals surface area (Å²) < 4.78 is 5.60. The third-order valence-electron chi connectivity index (χ3n) is 8.06. The van der Waals surface area contributed by atoms with Crippen LogP contribution in [0.15, 0.2) is 24.3 Å². The second kappa shape index (κ2) is 11.0. The van der Waals surface area contributed by atoms with E-state index in [1.807, 2.05) is 0 Å². The van der Waals surface area contributed by atoms with Crippen molar-refractivity contribution in [1.82, 2.24) is 15.5 Å². The number of amides is 2. The Balaban J connectivity index is 1.36. The van der Waals surface area contributed by atoms with Gasteiger partial charge in [0.2, 0.25) is 11.8 Å². The van der Waals surface area contributed by atoms with Gasteiger partial charge in [0.15, 0.2) is 0 Å². The molecule has 1 aliphatic carbocycles. The van der Waals surface area contributed by atoms with Crippen LogP contribution in [0.2, 0.25) is 0 Å². The van der Waals surface area contributed by atoms with Crippen LogP contribution in [-0.2, 0) is 20.7 Å². The number of nitrogens with one attached hydrogen (secondary N) is 2. The molecular formula is C27H41N3O3. The first kappa shape index (κ1) is 24.2. The summed E-state index contributed by atoms with van der Waals surface area (Å²) in [6, 6.07) is 8.51. The largest absolute Gasteiger partial charge is 0.379 e. The molecule has 1 saturated carbocycles. The van der Waals surface area contributed by atoms with Crippen molar-refractivity contribution in [2.45, 2.75) is 88.6 Å². The van der Waals surface area contributed by atoms with E-state index in [0.29, 0.717) is 19.3 Å². The van der Waals surface area contributed by atoms with E-state index in [4.69, 9.17) is 4.74 Å². The Kier molecular flexibility index (Phi) is 8.07. The Labute approximate surface area is 198 Å². The maximum atomic E-state index is 13.0. The van der Waals surface area contributed by atoms with Gasteiger partial charge in [-0.3, -0.25) is 14.5 Å². The Morgan fingerprint density at radius 1 is 1.06 bits per heavy atom. The molecule has 0 unspecified atom stereocenters. The fourth-order valence-corrected chi connectivity index (χ4v) is 6.01. The number of carbonyl (C=O) groups is 2. The normalized spacial score (nSPS) is 25.9. The Morgan fingerprint density at radius 3 is 2.39 bits per heavy atom. The fourth-order valence-electron chi connectivity index (χ4n) is 6.01. The van der Waals surface area contributed by atoms with Crippen LogP contribution in [0.3, 0.4) is 0 Å². The van der Waals surface area contributed by atoms with Crippen LogP contribution in [-0.4, -0.2) is 60.6 Å². The molecule has 3 fully saturated rings. The van der Waals surface area contributed by atoms with Gasteiger partial charge >= 0.3 is 0 Å². The molecule has 33 heavy (non-hydrogen) atoms. The monoisotopic (exact) mass is 455 g/mol. The molecule has 2 amide bonds. The van der Waals surface area contributed by atoms with Gasteiger partial charge in [0.05, 0.1) is 13.2 Å². The SMILES string of the molecule is Cc1ccc(C[C@@]2(CCC(=O)NCC3(N4CCOCC4)CCCCCC3)CCC(=O)N2)cc1. The number of hydrogen-bond donors (Lipinski definition) is 2. The lowest BCUT2D eigenvalue weighted by Gasteiger charge is -2.46. The van der Waals surface area contributed by atoms with Crippen LogP contribution in [0.5, 0.6) is 0 Å². The minimum absolute atomic E-state index is 0.0666. The minimum Gasteiger partial charge on any atom is -0.379 e. The molecule has 3 aliphatic rings. The van der Waals surface area contributed by atoms with Gasteiger partial charge in [0, 0.05) is 43.6 Å². The van der Waals surface area contributed by atoms with Crippen molar-refractivity contribution in [3.05, 3.63) is 35.4 Å². The molecule has 2 aliphatic heterocycles. The van der Waals surface area contributed by atoms with E-state index in [9.17, 15) is 9.59 Å². The van der Waals surface area contributed by atoms with Crippen molar-refractivity contribution in [3.8, 4) is 0 Å². The van der Waals surface area contributed by atoms with E-state index in [0.717, 1.165) is 58.5 Å². The van der Waals surface area contributed by atoms with Crippen LogP contribution < -0.4 is 10.6 Å². The third-order valence-corrected chi connectivity index (χ3v) is 8.06. The molecule has 2 heterocycles. The number of benzene rings is 1. The van der Waals surface area contributed by atoms with Gasteiger partial charge in [-0.2, -0.15) is 0 Å². The highest BCUT2D eigenvalue weighted by Crippen LogP contribution is 2.33. The van der Waals surface area contributed by atoms with E-state index in [1.54, 1.807) is 0 Å². The molecule has 6 heteroatoms. The highest BCUT2D eigenvalue weighted by atomic mass is 16.5. The van der Waals surface area contributed by atoms with Gasteiger partial charge in [-0.25, -0.2) is 0 Å². The highest BCUT2D eigenvalue weighted by Gasteiger charge is 2.40. The first-order valence-corrected chi connectivity index (χ1v) is 12.9. The van der Waals surface area contributed by atoms with Crippen LogP contribution in [0, 0.1) is 6.92 Å². The zero-order valence-corrected chi connectivity index (χ0v) is 20.3. The van der Waals surface area contributed by atoms with Gasteiger partial charge < -0.3 is 15.4 Å². The van der Waals surface area contributed by atoms with Crippen molar-refractivity contribution in [1.29, 1.82) is 0 Å². The number of ether oxygens (including phenoxy) is 1. The molecule has 0 aromatic heterocycles. The summed E-state index contributed by atoms with van der Waals surface area (Å²) >= 11 is 0. The van der Waals surface area contributed by atoms with Crippen LogP contribution in [0.25, 0.3) is 0 Å². The number of rotatable bonds is 8. The third kappa shape index (κ3) is 6.36. The summed E-state index contributed by atoms with van der Waals surface area (Å²) in [4.78, 5) is 27.7. The Hall–Kier alpha value is -1.92. The number of nitrogens with zero attached hydrogens (tertiary/aromatic N) is 1. The van der Waals surface area contributed by atoms with Gasteiger partial charge in [-0.15, -0.1) is 0 Å². The number of carbonyl (C=O) groups excluding carboxylic acids is 2. The average Bonchev–Trinajstić information content (AvgIpc) is 3.04. The molecule has 182 valence electrons. The molecule has 2 N–H and O–H groups in total. The minimum atomic E-state index is -0.312. The molecule has 0 spiro atoms. The maximum absolute atomic E-state index is 13.0. The van der Waals surface area contributed by atoms with E-state index in [2.05, 4.69) is 46.7 Å². The van der Waals surface area contributed by atoms with Gasteiger partial charge in [0.1, 0.15) is 0 Å². The van der Waals surface area contributed by atoms with Crippen molar-refractivity contribution in [2.24, 2.45) is 0 Å². The molecule has 4 rings (SSSR count). The molecule has 6 nitrogen and oxygen atoms in total. The Bertz CT molecular complexity index is 795. The van der Waals surface area contributed by atoms with Gasteiger partial charge in [-0.1, -0.05) is 55.5 Å². The molecule has 1 aromatic rings. The lowest BCUT2D eigenvalue weighted by atomic mass is 9.84. The standard InChI is InChI=1S/C27H41N3O3/c1-22-6-8-23(9-7-22)20-26(15-11-25(32)29-26)14-10-24(31)28-21-27(12-4-2-3-5-13-27)30-16-18-33-19-17-30/h6-9H,2-5,10-21H2,1H3,(H,28,31)(H,29,32)/t26-/m1/s1. The summed E-state index contributed by atoms with van der Waals surface area (Å²) in [5.74, 6) is 0.212. The van der Waals surface area contributed by atoms with Crippen LogP contribution in [0.1, 0.15) is 75.3 Å². The second-order valence-electron chi connectivity index (χ2n) is 10.5. The topological polar surface area (TPSA) is 70.7 Å². The summed E-state index contributed by atoms with van der Waals surface area (Å²) in [6.45, 7) is 6.30.